The first-order valence-corrected chi connectivity index (χ1v) is 5.96. The number of carboxylic acid groups (broad SMARTS) is 1. The summed E-state index contributed by atoms with van der Waals surface area (Å²) in [6, 6.07) is -0.522. The molecule has 0 aromatic carbocycles. The number of amides is 3. The second-order valence-corrected chi connectivity index (χ2v) is 4.61. The van der Waals surface area contributed by atoms with E-state index in [2.05, 4.69) is 5.32 Å². The lowest BCUT2D eigenvalue weighted by Crippen LogP contribution is -2.48. The number of carbonyl (C=O) groups is 3. The zero-order chi connectivity index (χ0) is 13.7. The van der Waals surface area contributed by atoms with Crippen LogP contribution >= 0.6 is 0 Å². The molecule has 0 spiro atoms. The van der Waals surface area contributed by atoms with E-state index in [9.17, 15) is 14.4 Å². The fourth-order valence-corrected chi connectivity index (χ4v) is 1.88. The number of nitrogens with one attached hydrogen (secondary N) is 1. The summed E-state index contributed by atoms with van der Waals surface area (Å²) in [7, 11) is 0. The minimum Gasteiger partial charge on any atom is -0.481 e. The third-order valence-corrected chi connectivity index (χ3v) is 3.11. The number of urea groups is 1. The quantitative estimate of drug-likeness (QED) is 0.636. The van der Waals surface area contributed by atoms with Crippen molar-refractivity contribution in [2.24, 2.45) is 17.6 Å². The molecule has 102 valence electrons. The van der Waals surface area contributed by atoms with Crippen LogP contribution < -0.4 is 11.1 Å². The van der Waals surface area contributed by atoms with Crippen molar-refractivity contribution in [3.05, 3.63) is 0 Å². The number of aliphatic carboxylic acids is 1. The van der Waals surface area contributed by atoms with E-state index in [1.807, 2.05) is 0 Å². The molecular formula is C11H19N3O4. The van der Waals surface area contributed by atoms with Gasteiger partial charge in [-0.1, -0.05) is 6.92 Å². The summed E-state index contributed by atoms with van der Waals surface area (Å²) in [6.45, 7) is 2.51. The van der Waals surface area contributed by atoms with Gasteiger partial charge in [0.05, 0.1) is 11.8 Å². The van der Waals surface area contributed by atoms with Crippen LogP contribution in [0.1, 0.15) is 19.8 Å². The second kappa shape index (κ2) is 6.23. The molecule has 1 saturated heterocycles. The first-order chi connectivity index (χ1) is 8.41. The molecule has 1 fully saturated rings. The Morgan fingerprint density at radius 2 is 2.17 bits per heavy atom. The van der Waals surface area contributed by atoms with Gasteiger partial charge < -0.3 is 21.1 Å². The third-order valence-electron chi connectivity index (χ3n) is 3.11. The van der Waals surface area contributed by atoms with Crippen molar-refractivity contribution < 1.29 is 19.5 Å². The molecule has 1 rings (SSSR count). The van der Waals surface area contributed by atoms with E-state index in [1.165, 1.54) is 11.8 Å². The summed E-state index contributed by atoms with van der Waals surface area (Å²) in [6.07, 6.45) is 1.42. The zero-order valence-electron chi connectivity index (χ0n) is 10.4. The molecule has 0 aromatic heterocycles. The number of primary amides is 1. The van der Waals surface area contributed by atoms with Crippen molar-refractivity contribution in [1.82, 2.24) is 10.2 Å². The van der Waals surface area contributed by atoms with E-state index in [-0.39, 0.29) is 18.4 Å². The van der Waals surface area contributed by atoms with Crippen molar-refractivity contribution >= 4 is 17.9 Å². The van der Waals surface area contributed by atoms with Crippen LogP contribution in [0.5, 0.6) is 0 Å². The highest BCUT2D eigenvalue weighted by molar-refractivity contribution is 5.81. The van der Waals surface area contributed by atoms with Crippen molar-refractivity contribution in [3.8, 4) is 0 Å². The average molecular weight is 257 g/mol. The zero-order valence-corrected chi connectivity index (χ0v) is 10.4. The van der Waals surface area contributed by atoms with Crippen LogP contribution in [-0.2, 0) is 9.59 Å². The first-order valence-electron chi connectivity index (χ1n) is 5.96. The highest BCUT2D eigenvalue weighted by atomic mass is 16.4. The maximum atomic E-state index is 11.8. The van der Waals surface area contributed by atoms with Crippen molar-refractivity contribution in [2.75, 3.05) is 19.6 Å². The Morgan fingerprint density at radius 1 is 1.50 bits per heavy atom. The van der Waals surface area contributed by atoms with Crippen molar-refractivity contribution in [1.29, 1.82) is 0 Å². The van der Waals surface area contributed by atoms with E-state index >= 15 is 0 Å². The van der Waals surface area contributed by atoms with Gasteiger partial charge in [-0.2, -0.15) is 0 Å². The van der Waals surface area contributed by atoms with Crippen LogP contribution in [0.25, 0.3) is 0 Å². The number of hydrogen-bond acceptors (Lipinski definition) is 3. The normalized spacial score (nSPS) is 21.2. The second-order valence-electron chi connectivity index (χ2n) is 4.61. The molecule has 1 aliphatic rings. The molecule has 3 amide bonds. The van der Waals surface area contributed by atoms with Crippen LogP contribution in [0.15, 0.2) is 0 Å². The number of likely N-dealkylation sites (tertiary alicyclic amines) is 1. The molecule has 0 aliphatic carbocycles. The SMILES string of the molecule is CC(CNC(=O)C1CCCN(C(N)=O)C1)C(=O)O. The van der Waals surface area contributed by atoms with E-state index in [1.54, 1.807) is 0 Å². The molecule has 0 saturated carbocycles. The van der Waals surface area contributed by atoms with Crippen LogP contribution in [0.4, 0.5) is 4.79 Å². The smallest absolute Gasteiger partial charge is 0.314 e. The molecule has 1 heterocycles. The van der Waals surface area contributed by atoms with Gasteiger partial charge in [-0.15, -0.1) is 0 Å². The number of rotatable bonds is 4. The molecule has 4 N–H and O–H groups in total. The molecule has 2 unspecified atom stereocenters. The molecule has 7 nitrogen and oxygen atoms in total. The van der Waals surface area contributed by atoms with E-state index in [4.69, 9.17) is 10.8 Å². The molecule has 2 atom stereocenters. The molecule has 1 aliphatic heterocycles. The molecule has 0 bridgehead atoms. The summed E-state index contributed by atoms with van der Waals surface area (Å²) in [5.41, 5.74) is 5.17. The molecule has 18 heavy (non-hydrogen) atoms. The van der Waals surface area contributed by atoms with Gasteiger partial charge in [0.25, 0.3) is 0 Å². The summed E-state index contributed by atoms with van der Waals surface area (Å²) < 4.78 is 0. The van der Waals surface area contributed by atoms with E-state index < -0.39 is 17.9 Å². The highest BCUT2D eigenvalue weighted by Gasteiger charge is 2.27. The Morgan fingerprint density at radius 3 is 2.72 bits per heavy atom. The molecule has 0 radical (unpaired) electrons. The maximum Gasteiger partial charge on any atom is 0.314 e. The van der Waals surface area contributed by atoms with Gasteiger partial charge in [0.15, 0.2) is 0 Å². The Balaban J connectivity index is 2.42. The number of nitrogens with zero attached hydrogens (tertiary/aromatic N) is 1. The van der Waals surface area contributed by atoms with Gasteiger partial charge in [-0.3, -0.25) is 9.59 Å². The number of piperidine rings is 1. The molecule has 7 heteroatoms. The summed E-state index contributed by atoms with van der Waals surface area (Å²) in [5.74, 6) is -2.08. The van der Waals surface area contributed by atoms with Gasteiger partial charge in [0.1, 0.15) is 0 Å². The average Bonchev–Trinajstić information content (AvgIpc) is 2.35. The predicted molar refractivity (Wildman–Crippen MR) is 63.7 cm³/mol. The van der Waals surface area contributed by atoms with Crippen LogP contribution in [0.2, 0.25) is 0 Å². The third kappa shape index (κ3) is 3.90. The first kappa shape index (κ1) is 14.3. The molecular weight excluding hydrogens is 238 g/mol. The standard InChI is InChI=1S/C11H19N3O4/c1-7(10(16)17)5-13-9(15)8-3-2-4-14(6-8)11(12)18/h7-8H,2-6H2,1H3,(H2,12,18)(H,13,15)(H,16,17). The van der Waals surface area contributed by atoms with Gasteiger partial charge in [-0.05, 0) is 12.8 Å². The molecule has 0 aromatic rings. The topological polar surface area (TPSA) is 113 Å². The minimum atomic E-state index is -0.947. The number of nitrogens with two attached hydrogens (primary N) is 1. The Bertz CT molecular complexity index is 345. The van der Waals surface area contributed by atoms with Crippen LogP contribution in [0, 0.1) is 11.8 Å². The summed E-state index contributed by atoms with van der Waals surface area (Å²) in [4.78, 5) is 34.9. The van der Waals surface area contributed by atoms with Crippen molar-refractivity contribution in [2.45, 2.75) is 19.8 Å². The fourth-order valence-electron chi connectivity index (χ4n) is 1.88. The number of hydrogen-bond donors (Lipinski definition) is 3. The summed E-state index contributed by atoms with van der Waals surface area (Å²) in [5, 5.41) is 11.3. The van der Waals surface area contributed by atoms with E-state index in [0.717, 1.165) is 6.42 Å². The van der Waals surface area contributed by atoms with Crippen LogP contribution in [-0.4, -0.2) is 47.5 Å². The Labute approximate surface area is 105 Å². The monoisotopic (exact) mass is 257 g/mol. The largest absolute Gasteiger partial charge is 0.481 e. The number of carbonyl (C=O) groups excluding carboxylic acids is 2. The summed E-state index contributed by atoms with van der Waals surface area (Å²) >= 11 is 0. The van der Waals surface area contributed by atoms with Gasteiger partial charge >= 0.3 is 12.0 Å². The van der Waals surface area contributed by atoms with Gasteiger partial charge in [-0.25, -0.2) is 4.79 Å². The highest BCUT2D eigenvalue weighted by Crippen LogP contribution is 2.16. The maximum absolute atomic E-state index is 11.8. The fraction of sp³-hybridized carbons (Fsp3) is 0.727. The lowest BCUT2D eigenvalue weighted by Gasteiger charge is -2.30. The lowest BCUT2D eigenvalue weighted by molar-refractivity contribution is -0.141. The van der Waals surface area contributed by atoms with Crippen LogP contribution in [0.3, 0.4) is 0 Å². The Hall–Kier alpha value is -1.79. The predicted octanol–water partition coefficient (Wildman–Crippen LogP) is -0.386. The van der Waals surface area contributed by atoms with Gasteiger partial charge in [0.2, 0.25) is 5.91 Å². The van der Waals surface area contributed by atoms with Gasteiger partial charge in [0, 0.05) is 19.6 Å². The number of carboxylic acids is 1. The van der Waals surface area contributed by atoms with E-state index in [0.29, 0.717) is 19.5 Å². The lowest BCUT2D eigenvalue weighted by atomic mass is 9.97. The Kier molecular flexibility index (Phi) is 4.94. The van der Waals surface area contributed by atoms with Crippen molar-refractivity contribution in [3.63, 3.8) is 0 Å². The minimum absolute atomic E-state index is 0.0985.